The first-order valence-electron chi connectivity index (χ1n) is 10.3. The summed E-state index contributed by atoms with van der Waals surface area (Å²) in [7, 11) is 1.80. The van der Waals surface area contributed by atoms with E-state index in [1.54, 1.807) is 19.3 Å². The summed E-state index contributed by atoms with van der Waals surface area (Å²) >= 11 is 0. The van der Waals surface area contributed by atoms with Crippen LogP contribution in [-0.2, 0) is 9.59 Å². The van der Waals surface area contributed by atoms with Gasteiger partial charge in [0.25, 0.3) is 0 Å². The number of aldehydes is 3. The molecule has 0 spiro atoms. The number of H-pyrrole nitrogens is 1. The van der Waals surface area contributed by atoms with Gasteiger partial charge in [-0.25, -0.2) is 4.98 Å². The number of nitrogens with zero attached hydrogens (tertiary/aromatic N) is 2. The van der Waals surface area contributed by atoms with Crippen molar-refractivity contribution in [3.05, 3.63) is 53.9 Å². The summed E-state index contributed by atoms with van der Waals surface area (Å²) in [6.45, 7) is 1.45. The van der Waals surface area contributed by atoms with Crippen LogP contribution in [0.5, 0.6) is 0 Å². The number of allylic oxidation sites excluding steroid dienone is 3. The molecule has 0 saturated carbocycles. The first kappa shape index (κ1) is 20.5. The predicted molar refractivity (Wildman–Crippen MR) is 122 cm³/mol. The Hall–Kier alpha value is -3.74. The Labute approximate surface area is 179 Å². The lowest BCUT2D eigenvalue weighted by Gasteiger charge is -2.31. The van der Waals surface area contributed by atoms with Gasteiger partial charge >= 0.3 is 0 Å². The van der Waals surface area contributed by atoms with Gasteiger partial charge in [0.1, 0.15) is 18.4 Å². The van der Waals surface area contributed by atoms with Gasteiger partial charge in [-0.1, -0.05) is 12.1 Å². The number of hydrogen-bond donors (Lipinski definition) is 2. The van der Waals surface area contributed by atoms with E-state index in [0.29, 0.717) is 12.1 Å². The number of carbonyl (C=O) groups is 3. The Morgan fingerprint density at radius 1 is 1.29 bits per heavy atom. The van der Waals surface area contributed by atoms with Crippen LogP contribution in [0.2, 0.25) is 0 Å². The lowest BCUT2D eigenvalue weighted by atomic mass is 9.99. The molecule has 1 atom stereocenters. The van der Waals surface area contributed by atoms with Gasteiger partial charge in [-0.2, -0.15) is 0 Å². The van der Waals surface area contributed by atoms with Crippen LogP contribution in [0.15, 0.2) is 42.7 Å². The molecule has 3 aromatic rings. The molecule has 1 saturated heterocycles. The second-order valence-electron chi connectivity index (χ2n) is 7.66. The van der Waals surface area contributed by atoms with Crippen molar-refractivity contribution >= 4 is 52.1 Å². The Kier molecular flexibility index (Phi) is 5.93. The second kappa shape index (κ2) is 8.95. The average Bonchev–Trinajstić information content (AvgIpc) is 3.20. The standard InChI is InChI=1S/C24H24N4O3/c1-25-11-18(5-3-9-29)17-6-7-20-21(10-17)27-23-19(15-31)12-26-24(22(20)23)28-8-2-4-16(13-28)14-30/h3,5-7,9-12,14-16,25,27H,2,4,8,13H2,1H3/b5-3-,18-11+/t16-/m0/s1. The van der Waals surface area contributed by atoms with Gasteiger partial charge in [-0.05, 0) is 42.2 Å². The molecule has 7 nitrogen and oxygen atoms in total. The van der Waals surface area contributed by atoms with E-state index < -0.39 is 0 Å². The van der Waals surface area contributed by atoms with Crippen molar-refractivity contribution in [2.24, 2.45) is 5.92 Å². The molecule has 3 heterocycles. The molecule has 0 aliphatic carbocycles. The molecule has 1 aromatic carbocycles. The summed E-state index contributed by atoms with van der Waals surface area (Å²) < 4.78 is 0. The molecule has 0 amide bonds. The van der Waals surface area contributed by atoms with Crippen LogP contribution in [-0.4, -0.2) is 49.0 Å². The van der Waals surface area contributed by atoms with E-state index in [9.17, 15) is 14.4 Å². The number of carbonyl (C=O) groups excluding carboxylic acids is 3. The maximum Gasteiger partial charge on any atom is 0.153 e. The fourth-order valence-corrected chi connectivity index (χ4v) is 4.25. The zero-order valence-electron chi connectivity index (χ0n) is 17.3. The molecular formula is C24H24N4O3. The van der Waals surface area contributed by atoms with Gasteiger partial charge in [0, 0.05) is 49.4 Å². The van der Waals surface area contributed by atoms with Crippen molar-refractivity contribution in [3.8, 4) is 0 Å². The van der Waals surface area contributed by atoms with E-state index in [1.165, 1.54) is 6.08 Å². The normalized spacial score (nSPS) is 17.4. The van der Waals surface area contributed by atoms with Crippen molar-refractivity contribution in [1.29, 1.82) is 0 Å². The maximum absolute atomic E-state index is 11.7. The van der Waals surface area contributed by atoms with Crippen LogP contribution in [0.25, 0.3) is 27.4 Å². The number of aromatic amines is 1. The van der Waals surface area contributed by atoms with E-state index >= 15 is 0 Å². The number of aromatic nitrogens is 2. The number of anilines is 1. The number of nitrogens with one attached hydrogen (secondary N) is 2. The summed E-state index contributed by atoms with van der Waals surface area (Å²) in [6.07, 6.45) is 11.0. The minimum Gasteiger partial charge on any atom is -0.393 e. The highest BCUT2D eigenvalue weighted by Crippen LogP contribution is 2.36. The Bertz CT molecular complexity index is 1210. The molecular weight excluding hydrogens is 392 g/mol. The molecule has 2 N–H and O–H groups in total. The largest absolute Gasteiger partial charge is 0.393 e. The minimum atomic E-state index is -0.00741. The fraction of sp³-hybridized carbons (Fsp3) is 0.250. The van der Waals surface area contributed by atoms with Gasteiger partial charge in [0.15, 0.2) is 6.29 Å². The third-order valence-corrected chi connectivity index (χ3v) is 5.70. The molecule has 0 radical (unpaired) electrons. The summed E-state index contributed by atoms with van der Waals surface area (Å²) in [5.41, 5.74) is 3.88. The van der Waals surface area contributed by atoms with Gasteiger partial charge in [-0.15, -0.1) is 0 Å². The first-order valence-corrected chi connectivity index (χ1v) is 10.3. The zero-order valence-corrected chi connectivity index (χ0v) is 17.3. The molecule has 0 unspecified atom stereocenters. The van der Waals surface area contributed by atoms with Crippen molar-refractivity contribution in [2.45, 2.75) is 12.8 Å². The first-order chi connectivity index (χ1) is 15.2. The highest BCUT2D eigenvalue weighted by Gasteiger charge is 2.24. The molecule has 158 valence electrons. The third kappa shape index (κ3) is 3.86. The van der Waals surface area contributed by atoms with E-state index in [1.807, 2.05) is 24.4 Å². The van der Waals surface area contributed by atoms with E-state index in [2.05, 4.69) is 20.2 Å². The molecule has 1 aliphatic rings. The van der Waals surface area contributed by atoms with Crippen LogP contribution in [0.1, 0.15) is 28.8 Å². The number of hydrogen-bond acceptors (Lipinski definition) is 6. The van der Waals surface area contributed by atoms with Crippen LogP contribution in [0.3, 0.4) is 0 Å². The summed E-state index contributed by atoms with van der Waals surface area (Å²) in [5, 5.41) is 4.85. The van der Waals surface area contributed by atoms with Gasteiger partial charge in [0.2, 0.25) is 0 Å². The smallest absolute Gasteiger partial charge is 0.153 e. The van der Waals surface area contributed by atoms with E-state index in [0.717, 1.165) is 77.0 Å². The highest BCUT2D eigenvalue weighted by molar-refractivity contribution is 6.16. The Morgan fingerprint density at radius 2 is 2.16 bits per heavy atom. The molecule has 31 heavy (non-hydrogen) atoms. The molecule has 4 rings (SSSR count). The topological polar surface area (TPSA) is 95.2 Å². The number of rotatable bonds is 7. The average molecular weight is 416 g/mol. The van der Waals surface area contributed by atoms with Crippen LogP contribution in [0.4, 0.5) is 5.82 Å². The van der Waals surface area contributed by atoms with Gasteiger partial charge in [0.05, 0.1) is 16.5 Å². The maximum atomic E-state index is 11.7. The quantitative estimate of drug-likeness (QED) is 0.349. The second-order valence-corrected chi connectivity index (χ2v) is 7.66. The van der Waals surface area contributed by atoms with Crippen LogP contribution >= 0.6 is 0 Å². The summed E-state index contributed by atoms with van der Waals surface area (Å²) in [4.78, 5) is 43.9. The predicted octanol–water partition coefficient (Wildman–Crippen LogP) is 3.26. The lowest BCUT2D eigenvalue weighted by Crippen LogP contribution is -2.36. The lowest BCUT2D eigenvalue weighted by molar-refractivity contribution is -0.111. The van der Waals surface area contributed by atoms with Crippen LogP contribution in [0, 0.1) is 5.92 Å². The molecule has 7 heteroatoms. The van der Waals surface area contributed by atoms with Crippen LogP contribution < -0.4 is 10.2 Å². The van der Waals surface area contributed by atoms with E-state index in [-0.39, 0.29) is 5.92 Å². The molecule has 2 aromatic heterocycles. The number of piperidine rings is 1. The number of benzene rings is 1. The fourth-order valence-electron chi connectivity index (χ4n) is 4.25. The molecule has 1 aliphatic heterocycles. The van der Waals surface area contributed by atoms with Crippen molar-refractivity contribution in [3.63, 3.8) is 0 Å². The Balaban J connectivity index is 1.89. The van der Waals surface area contributed by atoms with Crippen molar-refractivity contribution in [1.82, 2.24) is 15.3 Å². The minimum absolute atomic E-state index is 0.00741. The van der Waals surface area contributed by atoms with Gasteiger partial charge in [-0.3, -0.25) is 9.59 Å². The number of fused-ring (bicyclic) bond motifs is 3. The Morgan fingerprint density at radius 3 is 2.90 bits per heavy atom. The summed E-state index contributed by atoms with van der Waals surface area (Å²) in [5.74, 6) is 0.782. The van der Waals surface area contributed by atoms with E-state index in [4.69, 9.17) is 0 Å². The third-order valence-electron chi connectivity index (χ3n) is 5.70. The van der Waals surface area contributed by atoms with Crippen molar-refractivity contribution < 1.29 is 14.4 Å². The monoisotopic (exact) mass is 416 g/mol. The SMILES string of the molecule is CN/C=C(\C=C/C=O)c1ccc2c(c1)[nH]c1c(C=O)cnc(N3CCC[C@H](C=O)C3)c12. The van der Waals surface area contributed by atoms with Gasteiger partial charge < -0.3 is 20.0 Å². The zero-order chi connectivity index (χ0) is 21.8. The highest BCUT2D eigenvalue weighted by atomic mass is 16.1. The molecule has 0 bridgehead atoms. The summed E-state index contributed by atoms with van der Waals surface area (Å²) in [6, 6.07) is 5.98. The molecule has 1 fully saturated rings. The van der Waals surface area contributed by atoms with Crippen molar-refractivity contribution in [2.75, 3.05) is 25.0 Å². The number of pyridine rings is 1.